The third kappa shape index (κ3) is 3.20. The molecule has 0 aliphatic heterocycles. The van der Waals surface area contributed by atoms with Crippen LogP contribution in [0.4, 0.5) is 0 Å². The van der Waals surface area contributed by atoms with Crippen LogP contribution >= 0.6 is 0 Å². The maximum atomic E-state index is 6.83. The predicted octanol–water partition coefficient (Wildman–Crippen LogP) is 11.7. The van der Waals surface area contributed by atoms with Crippen LogP contribution in [0.25, 0.3) is 93.4 Å². The van der Waals surface area contributed by atoms with Crippen LogP contribution in [0.3, 0.4) is 0 Å². The van der Waals surface area contributed by atoms with Gasteiger partial charge in [-0.25, -0.2) is 0 Å². The van der Waals surface area contributed by atoms with E-state index in [4.69, 9.17) is 4.42 Å². The first kappa shape index (κ1) is 23.7. The first-order valence-electron chi connectivity index (χ1n) is 15.1. The van der Waals surface area contributed by atoms with E-state index in [9.17, 15) is 0 Å². The number of aromatic nitrogens is 1. The molecule has 204 valence electrons. The molecule has 0 aliphatic carbocycles. The van der Waals surface area contributed by atoms with Crippen LogP contribution < -0.4 is 0 Å². The largest absolute Gasteiger partial charge is 0.455 e. The minimum absolute atomic E-state index is 0.925. The number of para-hydroxylation sites is 4. The Bertz CT molecular complexity index is 2690. The maximum absolute atomic E-state index is 6.83. The zero-order valence-corrected chi connectivity index (χ0v) is 23.8. The van der Waals surface area contributed by atoms with Gasteiger partial charge in [-0.1, -0.05) is 140 Å². The summed E-state index contributed by atoms with van der Waals surface area (Å²) >= 11 is 0. The van der Waals surface area contributed by atoms with Crippen LogP contribution in [0, 0.1) is 0 Å². The number of hydrogen-bond acceptors (Lipinski definition) is 1. The quantitative estimate of drug-likeness (QED) is 0.210. The summed E-state index contributed by atoms with van der Waals surface area (Å²) < 4.78 is 9.27. The van der Waals surface area contributed by atoms with Gasteiger partial charge in [0.2, 0.25) is 0 Å². The Morgan fingerprint density at radius 2 is 0.864 bits per heavy atom. The van der Waals surface area contributed by atoms with E-state index in [1.165, 1.54) is 49.2 Å². The molecule has 7 aromatic carbocycles. The fourth-order valence-electron chi connectivity index (χ4n) is 7.35. The fourth-order valence-corrected chi connectivity index (χ4v) is 7.35. The van der Waals surface area contributed by atoms with Crippen molar-refractivity contribution in [2.24, 2.45) is 0 Å². The van der Waals surface area contributed by atoms with E-state index in [0.717, 1.165) is 44.2 Å². The number of hydrogen-bond donors (Lipinski definition) is 0. The van der Waals surface area contributed by atoms with Crippen LogP contribution in [-0.2, 0) is 0 Å². The molecule has 0 amide bonds. The Morgan fingerprint density at radius 3 is 1.61 bits per heavy atom. The van der Waals surface area contributed by atoms with Crippen molar-refractivity contribution < 1.29 is 4.42 Å². The zero-order chi connectivity index (χ0) is 28.8. The second-order valence-electron chi connectivity index (χ2n) is 11.7. The Labute approximate surface area is 253 Å². The van der Waals surface area contributed by atoms with Crippen molar-refractivity contribution in [3.05, 3.63) is 152 Å². The lowest BCUT2D eigenvalue weighted by atomic mass is 9.98. The molecule has 0 spiro atoms. The molecule has 2 nitrogen and oxygen atoms in total. The van der Waals surface area contributed by atoms with Gasteiger partial charge in [-0.05, 0) is 34.4 Å². The lowest BCUT2D eigenvalue weighted by Gasteiger charge is -2.06. The summed E-state index contributed by atoms with van der Waals surface area (Å²) in [6.45, 7) is 0. The molecule has 0 N–H and O–H groups in total. The Morgan fingerprint density at radius 1 is 0.341 bits per heavy atom. The third-order valence-electron chi connectivity index (χ3n) is 9.36. The molecule has 0 saturated carbocycles. The Kier molecular flexibility index (Phi) is 4.75. The monoisotopic (exact) mass is 559 g/mol. The average Bonchev–Trinajstić information content (AvgIpc) is 3.76. The zero-order valence-electron chi connectivity index (χ0n) is 23.8. The number of nitrogens with zero attached hydrogens (tertiary/aromatic N) is 1. The summed E-state index contributed by atoms with van der Waals surface area (Å²) in [7, 11) is 0. The summed E-state index contributed by atoms with van der Waals surface area (Å²) in [6.07, 6.45) is 0. The molecule has 0 atom stereocenters. The average molecular weight is 560 g/mol. The van der Waals surface area contributed by atoms with Crippen molar-refractivity contribution >= 4 is 60.0 Å². The summed E-state index contributed by atoms with van der Waals surface area (Å²) in [4.78, 5) is 0. The van der Waals surface area contributed by atoms with E-state index in [-0.39, 0.29) is 0 Å². The molecule has 0 radical (unpaired) electrons. The molecule has 0 saturated heterocycles. The first-order valence-corrected chi connectivity index (χ1v) is 15.1. The first-order chi connectivity index (χ1) is 21.8. The molecule has 0 aliphatic rings. The van der Waals surface area contributed by atoms with Gasteiger partial charge in [0.15, 0.2) is 0 Å². The van der Waals surface area contributed by atoms with Gasteiger partial charge in [0.05, 0.1) is 16.6 Å². The molecule has 3 aromatic heterocycles. The number of benzene rings is 7. The van der Waals surface area contributed by atoms with Crippen LogP contribution in [0.5, 0.6) is 0 Å². The van der Waals surface area contributed by atoms with Crippen molar-refractivity contribution in [2.75, 3.05) is 0 Å². The van der Waals surface area contributed by atoms with Gasteiger partial charge < -0.3 is 8.82 Å². The highest BCUT2D eigenvalue weighted by Crippen LogP contribution is 2.43. The molecule has 0 fully saturated rings. The summed E-state index contributed by atoms with van der Waals surface area (Å²) in [5, 5.41) is 7.45. The number of rotatable bonds is 3. The van der Waals surface area contributed by atoms with E-state index >= 15 is 0 Å². The van der Waals surface area contributed by atoms with Gasteiger partial charge in [-0.2, -0.15) is 0 Å². The standard InChI is InChI=1S/C42H25NO/c1-2-9-26(10-3-1)27-19-21-28(22-20-27)30-12-6-16-36-37-17-7-13-31(42(37)44-41(30)36)29-23-24-33-35-15-8-14-34-32-11-4-5-18-38(32)43(40(34)35)39(33)25-29/h1-25H. The molecule has 0 bridgehead atoms. The van der Waals surface area contributed by atoms with Gasteiger partial charge in [0.25, 0.3) is 0 Å². The highest BCUT2D eigenvalue weighted by atomic mass is 16.3. The lowest BCUT2D eigenvalue weighted by molar-refractivity contribution is 0.671. The molecule has 44 heavy (non-hydrogen) atoms. The van der Waals surface area contributed by atoms with Gasteiger partial charge in [0.1, 0.15) is 11.2 Å². The van der Waals surface area contributed by atoms with Crippen LogP contribution in [-0.4, -0.2) is 4.40 Å². The normalized spacial score (nSPS) is 12.1. The molecule has 3 heterocycles. The highest BCUT2D eigenvalue weighted by molar-refractivity contribution is 6.23. The van der Waals surface area contributed by atoms with Gasteiger partial charge in [0, 0.05) is 43.4 Å². The van der Waals surface area contributed by atoms with Crippen molar-refractivity contribution in [1.29, 1.82) is 0 Å². The van der Waals surface area contributed by atoms with Gasteiger partial charge in [-0.15, -0.1) is 0 Å². The minimum atomic E-state index is 0.925. The van der Waals surface area contributed by atoms with Crippen LogP contribution in [0.2, 0.25) is 0 Å². The smallest absolute Gasteiger partial charge is 0.143 e. The summed E-state index contributed by atoms with van der Waals surface area (Å²) in [5.41, 5.74) is 12.6. The highest BCUT2D eigenvalue weighted by Gasteiger charge is 2.19. The summed E-state index contributed by atoms with van der Waals surface area (Å²) in [5.74, 6) is 0. The topological polar surface area (TPSA) is 17.6 Å². The van der Waals surface area contributed by atoms with E-state index in [1.54, 1.807) is 0 Å². The second kappa shape index (κ2) is 8.82. The second-order valence-corrected chi connectivity index (χ2v) is 11.7. The minimum Gasteiger partial charge on any atom is -0.455 e. The van der Waals surface area contributed by atoms with Crippen molar-refractivity contribution in [3.63, 3.8) is 0 Å². The third-order valence-corrected chi connectivity index (χ3v) is 9.36. The number of fused-ring (bicyclic) bond motifs is 9. The van der Waals surface area contributed by atoms with Crippen molar-refractivity contribution in [1.82, 2.24) is 4.40 Å². The molecule has 0 unspecified atom stereocenters. The molecule has 10 aromatic rings. The van der Waals surface area contributed by atoms with E-state index in [2.05, 4.69) is 156 Å². The van der Waals surface area contributed by atoms with E-state index in [1.807, 2.05) is 0 Å². The molecule has 10 rings (SSSR count). The maximum Gasteiger partial charge on any atom is 0.143 e. The summed E-state index contributed by atoms with van der Waals surface area (Å²) in [6, 6.07) is 54.6. The van der Waals surface area contributed by atoms with Gasteiger partial charge >= 0.3 is 0 Å². The van der Waals surface area contributed by atoms with Crippen LogP contribution in [0.1, 0.15) is 0 Å². The number of furan rings is 1. The Hall–Kier alpha value is -5.86. The molecular formula is C42H25NO. The fraction of sp³-hybridized carbons (Fsp3) is 0. The van der Waals surface area contributed by atoms with E-state index < -0.39 is 0 Å². The molecular weight excluding hydrogens is 534 g/mol. The van der Waals surface area contributed by atoms with E-state index in [0.29, 0.717) is 0 Å². The van der Waals surface area contributed by atoms with Crippen molar-refractivity contribution in [2.45, 2.75) is 0 Å². The van der Waals surface area contributed by atoms with Crippen molar-refractivity contribution in [3.8, 4) is 33.4 Å². The SMILES string of the molecule is c1ccc(-c2ccc(-c3cccc4c3oc3c(-c5ccc6c7cccc8c9ccccc9n(c6c5)c87)cccc34)cc2)cc1. The lowest BCUT2D eigenvalue weighted by Crippen LogP contribution is -1.83. The molecule has 2 heteroatoms. The Balaban J connectivity index is 1.17. The predicted molar refractivity (Wildman–Crippen MR) is 185 cm³/mol. The van der Waals surface area contributed by atoms with Crippen LogP contribution in [0.15, 0.2) is 156 Å². The van der Waals surface area contributed by atoms with Gasteiger partial charge in [-0.3, -0.25) is 0 Å².